The molecule has 2 rings (SSSR count). The smallest absolute Gasteiger partial charge is 0.224 e. The van der Waals surface area contributed by atoms with Crippen molar-refractivity contribution >= 4 is 34.2 Å². The van der Waals surface area contributed by atoms with Gasteiger partial charge in [0.05, 0.1) is 17.6 Å². The van der Waals surface area contributed by atoms with Crippen molar-refractivity contribution in [3.05, 3.63) is 64.1 Å². The minimum atomic E-state index is -0.208. The molecule has 0 aliphatic carbocycles. The Morgan fingerprint density at radius 1 is 1.16 bits per heavy atom. The van der Waals surface area contributed by atoms with Gasteiger partial charge in [-0.3, -0.25) is 4.79 Å². The third kappa shape index (κ3) is 5.73. The van der Waals surface area contributed by atoms with Crippen LogP contribution in [0.4, 0.5) is 0 Å². The third-order valence-electron chi connectivity index (χ3n) is 3.89. The van der Waals surface area contributed by atoms with Crippen LogP contribution in [0.25, 0.3) is 0 Å². The lowest BCUT2D eigenvalue weighted by molar-refractivity contribution is -0.124. The van der Waals surface area contributed by atoms with Crippen LogP contribution in [0.15, 0.2) is 53.0 Å². The fourth-order valence-electron chi connectivity index (χ4n) is 2.55. The normalized spacial score (nSPS) is 12.6. The molecular formula is C19H24BrClN2O2. The molecular weight excluding hydrogens is 404 g/mol. The van der Waals surface area contributed by atoms with Gasteiger partial charge >= 0.3 is 0 Å². The highest BCUT2D eigenvalue weighted by atomic mass is 79.9. The van der Waals surface area contributed by atoms with Crippen LogP contribution in [0.1, 0.15) is 24.1 Å². The van der Waals surface area contributed by atoms with E-state index >= 15 is 0 Å². The number of methoxy groups -OCH3 is 1. The first-order chi connectivity index (χ1) is 11.6. The molecule has 2 N–H and O–H groups in total. The van der Waals surface area contributed by atoms with Gasteiger partial charge in [-0.1, -0.05) is 43.3 Å². The molecule has 0 saturated carbocycles. The second-order valence-electron chi connectivity index (χ2n) is 5.70. The van der Waals surface area contributed by atoms with Gasteiger partial charge in [-0.05, 0) is 46.2 Å². The lowest BCUT2D eigenvalue weighted by atomic mass is 9.97. The van der Waals surface area contributed by atoms with E-state index in [9.17, 15) is 4.79 Å². The zero-order valence-electron chi connectivity index (χ0n) is 14.6. The van der Waals surface area contributed by atoms with Gasteiger partial charge in [-0.15, -0.1) is 12.4 Å². The fraction of sp³-hybridized carbons (Fsp3) is 0.316. The summed E-state index contributed by atoms with van der Waals surface area (Å²) < 4.78 is 6.16. The number of amides is 1. The predicted octanol–water partition coefficient (Wildman–Crippen LogP) is 3.94. The van der Waals surface area contributed by atoms with Gasteiger partial charge in [0.15, 0.2) is 0 Å². The van der Waals surface area contributed by atoms with E-state index in [0.717, 1.165) is 21.3 Å². The van der Waals surface area contributed by atoms with Gasteiger partial charge in [0.2, 0.25) is 5.91 Å². The number of hydrogen-bond donors (Lipinski definition) is 2. The summed E-state index contributed by atoms with van der Waals surface area (Å²) in [7, 11) is 3.48. The van der Waals surface area contributed by atoms with Crippen LogP contribution in [-0.4, -0.2) is 26.6 Å². The zero-order chi connectivity index (χ0) is 17.5. The molecule has 2 aromatic rings. The Hall–Kier alpha value is -1.56. The van der Waals surface area contributed by atoms with E-state index in [0.29, 0.717) is 6.54 Å². The van der Waals surface area contributed by atoms with Crippen LogP contribution in [0.3, 0.4) is 0 Å². The maximum absolute atomic E-state index is 12.5. The predicted molar refractivity (Wildman–Crippen MR) is 107 cm³/mol. The number of nitrogens with one attached hydrogen (secondary N) is 2. The Labute approximate surface area is 163 Å². The number of rotatable bonds is 7. The molecule has 0 spiro atoms. The van der Waals surface area contributed by atoms with E-state index in [2.05, 4.69) is 26.6 Å². The summed E-state index contributed by atoms with van der Waals surface area (Å²) in [5.74, 6) is 0.675. The molecule has 0 aliphatic rings. The SMILES string of the molecule is CNCC(C)C(=O)NC(c1ccccc1)c1ccc(OC)c(Br)c1.Cl. The third-order valence-corrected chi connectivity index (χ3v) is 4.51. The van der Waals surface area contributed by atoms with Gasteiger partial charge in [0.1, 0.15) is 5.75 Å². The van der Waals surface area contributed by atoms with E-state index in [-0.39, 0.29) is 30.3 Å². The average Bonchev–Trinajstić information content (AvgIpc) is 2.60. The Kier molecular flexibility index (Phi) is 8.97. The maximum atomic E-state index is 12.5. The molecule has 0 bridgehead atoms. The molecule has 4 nitrogen and oxygen atoms in total. The lowest BCUT2D eigenvalue weighted by Crippen LogP contribution is -2.37. The van der Waals surface area contributed by atoms with Gasteiger partial charge in [0, 0.05) is 12.5 Å². The molecule has 2 aromatic carbocycles. The molecule has 136 valence electrons. The van der Waals surface area contributed by atoms with Crippen molar-refractivity contribution in [2.45, 2.75) is 13.0 Å². The zero-order valence-corrected chi connectivity index (χ0v) is 17.0. The van der Waals surface area contributed by atoms with Crippen molar-refractivity contribution in [1.82, 2.24) is 10.6 Å². The lowest BCUT2D eigenvalue weighted by Gasteiger charge is -2.22. The average molecular weight is 428 g/mol. The summed E-state index contributed by atoms with van der Waals surface area (Å²) in [6.45, 7) is 2.55. The number of halogens is 2. The highest BCUT2D eigenvalue weighted by molar-refractivity contribution is 9.10. The summed E-state index contributed by atoms with van der Waals surface area (Å²) in [4.78, 5) is 12.5. The molecule has 1 amide bonds. The van der Waals surface area contributed by atoms with Gasteiger partial charge < -0.3 is 15.4 Å². The van der Waals surface area contributed by atoms with E-state index in [1.807, 2.05) is 62.5 Å². The molecule has 25 heavy (non-hydrogen) atoms. The first-order valence-electron chi connectivity index (χ1n) is 7.90. The van der Waals surface area contributed by atoms with Crippen molar-refractivity contribution in [3.63, 3.8) is 0 Å². The molecule has 0 aliphatic heterocycles. The first-order valence-corrected chi connectivity index (χ1v) is 8.69. The van der Waals surface area contributed by atoms with Gasteiger partial charge in [0.25, 0.3) is 0 Å². The first kappa shape index (κ1) is 21.5. The van der Waals surface area contributed by atoms with E-state index in [1.165, 1.54) is 0 Å². The molecule has 2 atom stereocenters. The van der Waals surface area contributed by atoms with E-state index in [4.69, 9.17) is 4.74 Å². The minimum Gasteiger partial charge on any atom is -0.496 e. The van der Waals surface area contributed by atoms with Crippen LogP contribution >= 0.6 is 28.3 Å². The van der Waals surface area contributed by atoms with Crippen LogP contribution in [0.2, 0.25) is 0 Å². The molecule has 0 heterocycles. The number of ether oxygens (including phenoxy) is 1. The van der Waals surface area contributed by atoms with Crippen molar-refractivity contribution in [2.75, 3.05) is 20.7 Å². The van der Waals surface area contributed by atoms with Crippen molar-refractivity contribution in [3.8, 4) is 5.75 Å². The number of benzene rings is 2. The quantitative estimate of drug-likeness (QED) is 0.703. The number of carbonyl (C=O) groups is 1. The van der Waals surface area contributed by atoms with Crippen molar-refractivity contribution in [2.24, 2.45) is 5.92 Å². The Balaban J connectivity index is 0.00000312. The number of carbonyl (C=O) groups excluding carboxylic acids is 1. The Morgan fingerprint density at radius 2 is 1.84 bits per heavy atom. The van der Waals surface area contributed by atoms with Crippen molar-refractivity contribution in [1.29, 1.82) is 0 Å². The Morgan fingerprint density at radius 3 is 2.40 bits per heavy atom. The Bertz CT molecular complexity index is 682. The second-order valence-corrected chi connectivity index (χ2v) is 6.56. The molecule has 0 aromatic heterocycles. The highest BCUT2D eigenvalue weighted by Gasteiger charge is 2.21. The van der Waals surface area contributed by atoms with Crippen LogP contribution in [0, 0.1) is 5.92 Å². The van der Waals surface area contributed by atoms with E-state index in [1.54, 1.807) is 7.11 Å². The van der Waals surface area contributed by atoms with Crippen LogP contribution in [-0.2, 0) is 4.79 Å². The number of hydrogen-bond acceptors (Lipinski definition) is 3. The summed E-state index contributed by atoms with van der Waals surface area (Å²) >= 11 is 3.52. The fourth-order valence-corrected chi connectivity index (χ4v) is 3.11. The summed E-state index contributed by atoms with van der Waals surface area (Å²) in [6, 6.07) is 15.6. The maximum Gasteiger partial charge on any atom is 0.224 e. The minimum absolute atomic E-state index is 0. The topological polar surface area (TPSA) is 50.4 Å². The standard InChI is InChI=1S/C19H23BrN2O2.ClH/c1-13(12-21-2)19(23)22-18(14-7-5-4-6-8-14)15-9-10-17(24-3)16(20)11-15;/h4-11,13,18,21H,12H2,1-3H3,(H,22,23);1H. The molecule has 6 heteroatoms. The van der Waals surface area contributed by atoms with Crippen LogP contribution < -0.4 is 15.4 Å². The second kappa shape index (κ2) is 10.4. The van der Waals surface area contributed by atoms with Gasteiger partial charge in [-0.2, -0.15) is 0 Å². The van der Waals surface area contributed by atoms with Crippen molar-refractivity contribution < 1.29 is 9.53 Å². The summed E-state index contributed by atoms with van der Waals surface area (Å²) in [5, 5.41) is 6.20. The summed E-state index contributed by atoms with van der Waals surface area (Å²) in [6.07, 6.45) is 0. The monoisotopic (exact) mass is 426 g/mol. The largest absolute Gasteiger partial charge is 0.496 e. The molecule has 0 fully saturated rings. The molecule has 0 saturated heterocycles. The molecule has 0 radical (unpaired) electrons. The van der Waals surface area contributed by atoms with Gasteiger partial charge in [-0.25, -0.2) is 0 Å². The summed E-state index contributed by atoms with van der Waals surface area (Å²) in [5.41, 5.74) is 2.04. The van der Waals surface area contributed by atoms with Crippen LogP contribution in [0.5, 0.6) is 5.75 Å². The highest BCUT2D eigenvalue weighted by Crippen LogP contribution is 2.30. The molecule has 2 unspecified atom stereocenters. The van der Waals surface area contributed by atoms with E-state index < -0.39 is 0 Å².